The van der Waals surface area contributed by atoms with Crippen LogP contribution < -0.4 is 52.0 Å². The summed E-state index contributed by atoms with van der Waals surface area (Å²) >= 11 is 0. The molecule has 16 N–H and O–H groups in total. The van der Waals surface area contributed by atoms with E-state index in [1.54, 1.807) is 0 Å². The molecular weight excluding hydrogens is 1450 g/mol. The Balaban J connectivity index is 1.04. The first-order chi connectivity index (χ1) is 52.3. The van der Waals surface area contributed by atoms with Crippen molar-refractivity contribution in [2.24, 2.45) is 0 Å². The van der Waals surface area contributed by atoms with Crippen molar-refractivity contribution in [3.63, 3.8) is 0 Å². The van der Waals surface area contributed by atoms with Crippen LogP contribution in [-0.4, -0.2) is 387 Å². The van der Waals surface area contributed by atoms with Gasteiger partial charge >= 0.3 is 5.97 Å². The van der Waals surface area contributed by atoms with Crippen LogP contribution in [0.4, 0.5) is 0 Å². The van der Waals surface area contributed by atoms with E-state index in [9.17, 15) is 84.0 Å². The monoisotopic (exact) mass is 1560 g/mol. The maximum absolute atomic E-state index is 12.4. The molecule has 42 heteroatoms. The van der Waals surface area contributed by atoms with Crippen molar-refractivity contribution in [2.45, 2.75) is 99.9 Å². The zero-order valence-electron chi connectivity index (χ0n) is 61.0. The van der Waals surface area contributed by atoms with E-state index in [0.717, 1.165) is 0 Å². The molecule has 10 atom stereocenters. The number of ether oxygens (including phenoxy) is 17. The zero-order chi connectivity index (χ0) is 78.8. The Kier molecular flexibility index (Phi) is 53.8. The molecule has 0 saturated carbocycles. The molecule has 0 radical (unpaired) electrons. The number of esters is 1. The van der Waals surface area contributed by atoms with Crippen molar-refractivity contribution in [2.75, 3.05) is 231 Å². The van der Waals surface area contributed by atoms with E-state index < -0.39 is 141 Å². The Labute approximate surface area is 624 Å². The first-order valence-corrected chi connectivity index (χ1v) is 35.5. The number of methoxy groups -OCH3 is 1. The van der Waals surface area contributed by atoms with Gasteiger partial charge in [0, 0.05) is 71.8 Å². The first-order valence-electron chi connectivity index (χ1n) is 35.5. The molecule has 2 aliphatic rings. The van der Waals surface area contributed by atoms with Gasteiger partial charge in [0.1, 0.15) is 126 Å². The van der Waals surface area contributed by atoms with Gasteiger partial charge in [-0.1, -0.05) is 0 Å². The van der Waals surface area contributed by atoms with Crippen LogP contribution in [0.15, 0.2) is 18.2 Å². The number of nitrogens with one attached hydrogen (secondary N) is 8. The van der Waals surface area contributed by atoms with Gasteiger partial charge in [0.25, 0.3) is 0 Å². The number of hydrogen-bond donors (Lipinski definition) is 16. The number of hydrogen-bond acceptors (Lipinski definition) is 34. The molecule has 0 unspecified atom stereocenters. The topological polar surface area (TPSA) is 569 Å². The van der Waals surface area contributed by atoms with Crippen molar-refractivity contribution >= 4 is 53.2 Å². The Morgan fingerprint density at radius 2 is 0.565 bits per heavy atom. The molecule has 2 heterocycles. The zero-order valence-corrected chi connectivity index (χ0v) is 61.0. The van der Waals surface area contributed by atoms with Gasteiger partial charge in [0.05, 0.1) is 105 Å². The minimum absolute atomic E-state index is 0.0142. The normalized spacial score (nSPS) is 19.7. The van der Waals surface area contributed by atoms with Gasteiger partial charge in [0.2, 0.25) is 47.3 Å². The van der Waals surface area contributed by atoms with E-state index in [1.807, 2.05) is 0 Å². The van der Waals surface area contributed by atoms with Crippen LogP contribution in [-0.2, 0) is 109 Å². The lowest BCUT2D eigenvalue weighted by molar-refractivity contribution is -0.301. The number of amides is 8. The molecule has 2 saturated heterocycles. The van der Waals surface area contributed by atoms with Gasteiger partial charge in [-0.15, -0.1) is 0 Å². The molecule has 0 aromatic heterocycles. The molecule has 2 aliphatic heterocycles. The molecule has 8 amide bonds. The Bertz CT molecular complexity index is 2500. The van der Waals surface area contributed by atoms with Crippen molar-refractivity contribution < 1.29 is 165 Å². The Hall–Kier alpha value is -6.83. The predicted molar refractivity (Wildman–Crippen MR) is 368 cm³/mol. The number of carbonyl (C=O) groups excluding carboxylic acids is 9. The summed E-state index contributed by atoms with van der Waals surface area (Å²) < 4.78 is 91.1. The number of carbonyl (C=O) groups is 9. The lowest BCUT2D eigenvalue weighted by atomic mass is 9.99. The molecule has 1 aromatic carbocycles. The molecule has 108 heavy (non-hydrogen) atoms. The minimum Gasteiger partial charge on any atom is -0.492 e. The van der Waals surface area contributed by atoms with E-state index in [1.165, 1.54) is 25.3 Å². The summed E-state index contributed by atoms with van der Waals surface area (Å²) in [5, 5.41) is 98.8. The van der Waals surface area contributed by atoms with E-state index in [0.29, 0.717) is 144 Å². The third-order valence-corrected chi connectivity index (χ3v) is 14.7. The molecule has 0 bridgehead atoms. The molecule has 1 aromatic rings. The average Bonchev–Trinajstić information content (AvgIpc) is 0.830. The van der Waals surface area contributed by atoms with E-state index in [4.69, 9.17) is 80.5 Å². The second kappa shape index (κ2) is 60.9. The molecule has 3 rings (SSSR count). The number of aliphatic hydroxyl groups is 8. The highest BCUT2D eigenvalue weighted by Gasteiger charge is 2.45. The molecule has 620 valence electrons. The lowest BCUT2D eigenvalue weighted by Gasteiger charge is -2.39. The lowest BCUT2D eigenvalue weighted by Crippen LogP contribution is -2.59. The third kappa shape index (κ3) is 45.4. The highest BCUT2D eigenvalue weighted by atomic mass is 16.7. The minimum atomic E-state index is -1.55. The Morgan fingerprint density at radius 1 is 0.315 bits per heavy atom. The number of benzene rings is 1. The van der Waals surface area contributed by atoms with Crippen LogP contribution in [0.1, 0.15) is 48.9 Å². The summed E-state index contributed by atoms with van der Waals surface area (Å²) in [5.41, 5.74) is 0.116. The van der Waals surface area contributed by atoms with Gasteiger partial charge in [-0.2, -0.15) is 0 Å². The molecule has 0 aliphatic carbocycles. The van der Waals surface area contributed by atoms with E-state index >= 15 is 0 Å². The first kappa shape index (κ1) is 95.4. The summed E-state index contributed by atoms with van der Waals surface area (Å²) in [6.07, 6.45) is -11.1. The van der Waals surface area contributed by atoms with Crippen molar-refractivity contribution in [3.05, 3.63) is 23.8 Å². The molecule has 0 spiro atoms. The number of aliphatic hydroxyl groups excluding tert-OH is 8. The smallest absolute Gasteiger partial charge is 0.338 e. The maximum atomic E-state index is 12.4. The van der Waals surface area contributed by atoms with Crippen LogP contribution in [0, 0.1) is 0 Å². The van der Waals surface area contributed by atoms with Crippen molar-refractivity contribution in [1.29, 1.82) is 0 Å². The summed E-state index contributed by atoms with van der Waals surface area (Å²) in [4.78, 5) is 109. The molecule has 42 nitrogen and oxygen atoms in total. The van der Waals surface area contributed by atoms with Gasteiger partial charge < -0.3 is 164 Å². The standard InChI is InChI=1S/C66H112N8O34/c1-92-64(91)45-32-46(103-22-14-73-56(83)43-101-39-52(79)69-10-4-18-95-26-30-97-28-24-93-16-2-8-67-50(77)37-99-41-54(81)71-12-6-20-105-65-62(89)60(87)58(85)48(35-75)107-65)34-47(33-45)104-23-15-74-57(84)44-102-40-53(80)70-11-5-19-96-27-31-98-29-25-94-17-3-9-68-51(78)38-100-42-55(82)72-13-7-21-106-66-63(90)61(88)59(86)49(36-76)108-66/h32-34,48-49,58-63,65-66,75-76,85-90H,2-31,35-44H2,1H3,(H,67,77)(H,68,78)(H,69,79)(H,70,80)(H,71,81)(H,72,82)(H,73,83)(H,74,84)/t48-,49-,58-,59-,60+,61+,62+,63+,65+,66+/m1/s1. The highest BCUT2D eigenvalue weighted by molar-refractivity contribution is 5.90. The highest BCUT2D eigenvalue weighted by Crippen LogP contribution is 2.25. The largest absolute Gasteiger partial charge is 0.492 e. The quantitative estimate of drug-likeness (QED) is 0.0213. The van der Waals surface area contributed by atoms with Crippen LogP contribution in [0.2, 0.25) is 0 Å². The van der Waals surface area contributed by atoms with E-state index in [2.05, 4.69) is 42.5 Å². The second-order valence-electron chi connectivity index (χ2n) is 23.6. The fourth-order valence-corrected chi connectivity index (χ4v) is 9.15. The Morgan fingerprint density at radius 3 is 0.824 bits per heavy atom. The van der Waals surface area contributed by atoms with Gasteiger partial charge in [-0.3, -0.25) is 38.4 Å². The van der Waals surface area contributed by atoms with Crippen LogP contribution >= 0.6 is 0 Å². The van der Waals surface area contributed by atoms with Crippen LogP contribution in [0.5, 0.6) is 11.5 Å². The second-order valence-corrected chi connectivity index (χ2v) is 23.6. The van der Waals surface area contributed by atoms with Gasteiger partial charge in [-0.25, -0.2) is 4.79 Å². The SMILES string of the molecule is COC(=O)c1cc(OCCNC(=O)COCC(=O)NCCCOCCOCCOCCCNC(=O)COCC(=O)NCCCO[C@H]2O[C@H](CO)[C@@H](O)[C@H](O)[C@@H]2O)cc(OCCNC(=O)COCC(=O)NCCCOCCOCCOCCCNC(=O)COCC(=O)NCCCO[C@H]2O[C@H](CO)[C@@H](O)[C@H](O)[C@@H]2O)c1. The van der Waals surface area contributed by atoms with Gasteiger partial charge in [0.15, 0.2) is 12.6 Å². The molecule has 2 fully saturated rings. The van der Waals surface area contributed by atoms with E-state index in [-0.39, 0.29) is 109 Å². The summed E-state index contributed by atoms with van der Waals surface area (Å²) in [5.74, 6) is -3.81. The average molecular weight is 1560 g/mol. The van der Waals surface area contributed by atoms with Crippen LogP contribution in [0.3, 0.4) is 0 Å². The van der Waals surface area contributed by atoms with Crippen molar-refractivity contribution in [3.8, 4) is 11.5 Å². The van der Waals surface area contributed by atoms with Crippen LogP contribution in [0.25, 0.3) is 0 Å². The summed E-state index contributed by atoms with van der Waals surface area (Å²) in [7, 11) is 1.21. The third-order valence-electron chi connectivity index (χ3n) is 14.7. The molecular formula is C66H112N8O34. The summed E-state index contributed by atoms with van der Waals surface area (Å²) in [6.45, 7) is 1.88. The predicted octanol–water partition coefficient (Wildman–Crippen LogP) is -8.70. The fraction of sp³-hybridized carbons (Fsp3) is 0.773. The van der Waals surface area contributed by atoms with Crippen molar-refractivity contribution in [1.82, 2.24) is 42.5 Å². The maximum Gasteiger partial charge on any atom is 0.338 e. The summed E-state index contributed by atoms with van der Waals surface area (Å²) in [6, 6.07) is 4.35. The number of rotatable bonds is 65. The fourth-order valence-electron chi connectivity index (χ4n) is 9.15. The van der Waals surface area contributed by atoms with Gasteiger partial charge in [-0.05, 0) is 50.7 Å².